The zero-order chi connectivity index (χ0) is 15.2. The highest BCUT2D eigenvalue weighted by molar-refractivity contribution is 5.86. The maximum Gasteiger partial charge on any atom is 0.333 e. The summed E-state index contributed by atoms with van der Waals surface area (Å²) in [6.07, 6.45) is 0. The first-order chi connectivity index (χ1) is 9.54. The molecule has 0 saturated carbocycles. The molecule has 0 N–H and O–H groups in total. The Balaban J connectivity index is 3.10. The summed E-state index contributed by atoms with van der Waals surface area (Å²) >= 11 is 0. The maximum absolute atomic E-state index is 11.0. The van der Waals surface area contributed by atoms with Gasteiger partial charge < -0.3 is 23.8 Å². The van der Waals surface area contributed by atoms with Gasteiger partial charge in [-0.25, -0.2) is 4.79 Å². The molecule has 0 unspecified atom stereocenters. The molecular formula is C14H27NO5. The Morgan fingerprint density at radius 1 is 0.900 bits per heavy atom. The molecule has 6 nitrogen and oxygen atoms in total. The lowest BCUT2D eigenvalue weighted by Gasteiger charge is -2.10. The van der Waals surface area contributed by atoms with Gasteiger partial charge in [0.25, 0.3) is 0 Å². The minimum absolute atomic E-state index is 0.235. The van der Waals surface area contributed by atoms with E-state index >= 15 is 0 Å². The summed E-state index contributed by atoms with van der Waals surface area (Å²) < 4.78 is 20.8. The summed E-state index contributed by atoms with van der Waals surface area (Å²) in [6.45, 7) is 9.43. The quantitative estimate of drug-likeness (QED) is 0.283. The monoisotopic (exact) mass is 289 g/mol. The average Bonchev–Trinajstić information content (AvgIpc) is 2.39. The van der Waals surface area contributed by atoms with Crippen LogP contribution in [0.25, 0.3) is 0 Å². The van der Waals surface area contributed by atoms with E-state index in [1.807, 2.05) is 14.1 Å². The lowest BCUT2D eigenvalue weighted by molar-refractivity contribution is -0.140. The zero-order valence-electron chi connectivity index (χ0n) is 12.9. The molecule has 20 heavy (non-hydrogen) atoms. The van der Waals surface area contributed by atoms with E-state index < -0.39 is 0 Å². The van der Waals surface area contributed by atoms with Crippen molar-refractivity contribution in [3.05, 3.63) is 12.2 Å². The molecular weight excluding hydrogens is 262 g/mol. The summed E-state index contributed by atoms with van der Waals surface area (Å²) in [5.74, 6) is -0.389. The fourth-order valence-electron chi connectivity index (χ4n) is 1.11. The average molecular weight is 289 g/mol. The van der Waals surface area contributed by atoms with Crippen LogP contribution in [0.2, 0.25) is 0 Å². The van der Waals surface area contributed by atoms with Gasteiger partial charge in [-0.05, 0) is 21.0 Å². The van der Waals surface area contributed by atoms with Gasteiger partial charge >= 0.3 is 5.97 Å². The van der Waals surface area contributed by atoms with Crippen molar-refractivity contribution in [1.29, 1.82) is 0 Å². The molecule has 0 aromatic rings. The molecule has 118 valence electrons. The Morgan fingerprint density at radius 2 is 1.35 bits per heavy atom. The molecule has 0 aromatic carbocycles. The van der Waals surface area contributed by atoms with Crippen molar-refractivity contribution in [3.8, 4) is 0 Å². The molecule has 0 atom stereocenters. The van der Waals surface area contributed by atoms with E-state index in [2.05, 4.69) is 11.5 Å². The first-order valence-corrected chi connectivity index (χ1v) is 6.74. The lowest BCUT2D eigenvalue weighted by atomic mass is 10.4. The van der Waals surface area contributed by atoms with Gasteiger partial charge in [-0.1, -0.05) is 6.58 Å². The first-order valence-electron chi connectivity index (χ1n) is 6.74. The fraction of sp³-hybridized carbons (Fsp3) is 0.786. The molecule has 0 aromatic heterocycles. The number of ether oxygens (including phenoxy) is 4. The largest absolute Gasteiger partial charge is 0.460 e. The van der Waals surface area contributed by atoms with E-state index in [9.17, 15) is 4.79 Å². The van der Waals surface area contributed by atoms with Gasteiger partial charge in [0.05, 0.1) is 39.6 Å². The summed E-state index contributed by atoms with van der Waals surface area (Å²) in [6, 6.07) is 0. The van der Waals surface area contributed by atoms with Crippen molar-refractivity contribution in [2.24, 2.45) is 0 Å². The van der Waals surface area contributed by atoms with Crippen molar-refractivity contribution in [2.75, 3.05) is 66.9 Å². The number of carbonyl (C=O) groups excluding carboxylic acids is 1. The van der Waals surface area contributed by atoms with Crippen molar-refractivity contribution in [2.45, 2.75) is 6.92 Å². The molecule has 0 aliphatic heterocycles. The third kappa shape index (κ3) is 13.5. The van der Waals surface area contributed by atoms with Gasteiger partial charge in [0, 0.05) is 12.1 Å². The van der Waals surface area contributed by atoms with Gasteiger partial charge in [0.1, 0.15) is 6.61 Å². The van der Waals surface area contributed by atoms with Crippen molar-refractivity contribution < 1.29 is 23.7 Å². The summed E-state index contributed by atoms with van der Waals surface area (Å²) in [4.78, 5) is 13.1. The smallest absolute Gasteiger partial charge is 0.333 e. The van der Waals surface area contributed by atoms with Crippen LogP contribution < -0.4 is 0 Å². The van der Waals surface area contributed by atoms with Gasteiger partial charge in [-0.2, -0.15) is 0 Å². The third-order valence-electron chi connectivity index (χ3n) is 2.24. The predicted octanol–water partition coefficient (Wildman–Crippen LogP) is 0.717. The zero-order valence-corrected chi connectivity index (χ0v) is 12.9. The third-order valence-corrected chi connectivity index (χ3v) is 2.24. The molecule has 0 fully saturated rings. The van der Waals surface area contributed by atoms with Crippen molar-refractivity contribution >= 4 is 5.97 Å². The SMILES string of the molecule is C=C(C)C(=O)OCCOCCOCCOCCN(C)C. The van der Waals surface area contributed by atoms with Crippen LogP contribution in [-0.4, -0.2) is 77.8 Å². The molecule has 0 spiro atoms. The second kappa shape index (κ2) is 13.1. The van der Waals surface area contributed by atoms with Crippen LogP contribution >= 0.6 is 0 Å². The van der Waals surface area contributed by atoms with Crippen molar-refractivity contribution in [3.63, 3.8) is 0 Å². The summed E-state index contributed by atoms with van der Waals surface area (Å²) in [7, 11) is 4.01. The van der Waals surface area contributed by atoms with E-state index in [0.29, 0.717) is 45.2 Å². The number of nitrogens with zero attached hydrogens (tertiary/aromatic N) is 1. The lowest BCUT2D eigenvalue weighted by Crippen LogP contribution is -2.19. The topological polar surface area (TPSA) is 57.2 Å². The van der Waals surface area contributed by atoms with E-state index in [1.54, 1.807) is 6.92 Å². The minimum atomic E-state index is -0.389. The predicted molar refractivity (Wildman–Crippen MR) is 76.8 cm³/mol. The van der Waals surface area contributed by atoms with Gasteiger partial charge in [0.2, 0.25) is 0 Å². The summed E-state index contributed by atoms with van der Waals surface area (Å²) in [5, 5.41) is 0. The van der Waals surface area contributed by atoms with E-state index in [0.717, 1.165) is 6.54 Å². The van der Waals surface area contributed by atoms with Crippen molar-refractivity contribution in [1.82, 2.24) is 4.90 Å². The van der Waals surface area contributed by atoms with E-state index in [-0.39, 0.29) is 12.6 Å². The molecule has 0 aliphatic carbocycles. The molecule has 0 radical (unpaired) electrons. The van der Waals surface area contributed by atoms with Crippen LogP contribution in [0.4, 0.5) is 0 Å². The van der Waals surface area contributed by atoms with Gasteiger partial charge in [0.15, 0.2) is 0 Å². The summed E-state index contributed by atoms with van der Waals surface area (Å²) in [5.41, 5.74) is 0.391. The standard InChI is InChI=1S/C14H27NO5/c1-13(2)14(16)20-12-11-19-10-9-18-8-7-17-6-5-15(3)4/h1,5-12H2,2-4H3. The Morgan fingerprint density at radius 3 is 1.80 bits per heavy atom. The number of esters is 1. The van der Waals surface area contributed by atoms with Crippen LogP contribution in [-0.2, 0) is 23.7 Å². The Bertz CT molecular complexity index is 268. The number of rotatable bonds is 13. The van der Waals surface area contributed by atoms with Gasteiger partial charge in [-0.15, -0.1) is 0 Å². The highest BCUT2D eigenvalue weighted by Gasteiger charge is 2.01. The molecule has 0 heterocycles. The first kappa shape index (κ1) is 19.1. The van der Waals surface area contributed by atoms with Crippen LogP contribution in [0.15, 0.2) is 12.2 Å². The van der Waals surface area contributed by atoms with E-state index in [1.165, 1.54) is 0 Å². The van der Waals surface area contributed by atoms with E-state index in [4.69, 9.17) is 18.9 Å². The van der Waals surface area contributed by atoms with Crippen LogP contribution in [0, 0.1) is 0 Å². The molecule has 0 rings (SSSR count). The fourth-order valence-corrected chi connectivity index (χ4v) is 1.11. The molecule has 0 aliphatic rings. The van der Waals surface area contributed by atoms with Crippen LogP contribution in [0.3, 0.4) is 0 Å². The highest BCUT2D eigenvalue weighted by atomic mass is 16.6. The van der Waals surface area contributed by atoms with Crippen LogP contribution in [0.5, 0.6) is 0 Å². The highest BCUT2D eigenvalue weighted by Crippen LogP contribution is 1.91. The maximum atomic E-state index is 11.0. The van der Waals surface area contributed by atoms with Crippen LogP contribution in [0.1, 0.15) is 6.92 Å². The van der Waals surface area contributed by atoms with Gasteiger partial charge in [-0.3, -0.25) is 0 Å². The molecule has 0 amide bonds. The Hall–Kier alpha value is -0.950. The number of hydrogen-bond acceptors (Lipinski definition) is 6. The molecule has 0 bridgehead atoms. The molecule has 6 heteroatoms. The number of carbonyl (C=O) groups is 1. The minimum Gasteiger partial charge on any atom is -0.460 e. The second-order valence-corrected chi connectivity index (χ2v) is 4.56. The molecule has 0 saturated heterocycles. The number of hydrogen-bond donors (Lipinski definition) is 0. The Labute approximate surface area is 121 Å². The normalized spacial score (nSPS) is 10.8. The second-order valence-electron chi connectivity index (χ2n) is 4.56. The number of likely N-dealkylation sites (N-methyl/N-ethyl adjacent to an activating group) is 1. The Kier molecular flexibility index (Phi) is 12.4.